The number of ether oxygens (including phenoxy) is 1. The van der Waals surface area contributed by atoms with Crippen LogP contribution in [0.1, 0.15) is 11.4 Å². The number of benzene rings is 1. The van der Waals surface area contributed by atoms with Crippen molar-refractivity contribution in [3.8, 4) is 5.75 Å². The van der Waals surface area contributed by atoms with Crippen LogP contribution in [0.25, 0.3) is 0 Å². The highest BCUT2D eigenvalue weighted by molar-refractivity contribution is 7.92. The number of hydrogen-bond acceptors (Lipinski definition) is 4. The lowest BCUT2D eigenvalue weighted by molar-refractivity contribution is 0.414. The molecule has 0 aliphatic rings. The third-order valence-corrected chi connectivity index (χ3v) is 4.37. The van der Waals surface area contributed by atoms with Crippen molar-refractivity contribution in [2.75, 3.05) is 11.8 Å². The van der Waals surface area contributed by atoms with Gasteiger partial charge < -0.3 is 4.74 Å². The fourth-order valence-electron chi connectivity index (χ4n) is 1.84. The van der Waals surface area contributed by atoms with Crippen molar-refractivity contribution < 1.29 is 17.5 Å². The van der Waals surface area contributed by atoms with Crippen LogP contribution in [0.4, 0.5) is 10.1 Å². The van der Waals surface area contributed by atoms with E-state index in [4.69, 9.17) is 4.74 Å². The molecule has 0 bridgehead atoms. The fraction of sp³-hybridized carbons (Fsp3) is 0.250. The first-order valence-corrected chi connectivity index (χ1v) is 7.21. The smallest absolute Gasteiger partial charge is 0.265 e. The molecule has 108 valence electrons. The third-order valence-electron chi connectivity index (χ3n) is 2.75. The number of sulfonamides is 1. The molecule has 8 heteroatoms. The lowest BCUT2D eigenvalue weighted by Gasteiger charge is -2.10. The minimum absolute atomic E-state index is 0.0136. The molecule has 1 aromatic heterocycles. The standard InChI is InChI=1S/C12H14FN3O3S/c1-7-12(8(2)15-14-7)20(17,18)16-11-6-9(19-3)4-5-10(11)13/h4-6,16H,1-3H3,(H,14,15). The van der Waals surface area contributed by atoms with Crippen LogP contribution in [0.5, 0.6) is 5.75 Å². The lowest BCUT2D eigenvalue weighted by Crippen LogP contribution is -2.15. The molecule has 0 aliphatic heterocycles. The number of halogens is 1. The first-order valence-electron chi connectivity index (χ1n) is 5.73. The molecule has 0 atom stereocenters. The summed E-state index contributed by atoms with van der Waals surface area (Å²) >= 11 is 0. The molecule has 20 heavy (non-hydrogen) atoms. The summed E-state index contributed by atoms with van der Waals surface area (Å²) in [6.07, 6.45) is 0. The predicted molar refractivity (Wildman–Crippen MR) is 71.8 cm³/mol. The lowest BCUT2D eigenvalue weighted by atomic mass is 10.3. The molecule has 0 aliphatic carbocycles. The second kappa shape index (κ2) is 5.12. The molecule has 0 unspecified atom stereocenters. The maximum atomic E-state index is 13.7. The van der Waals surface area contributed by atoms with E-state index in [0.717, 1.165) is 6.07 Å². The average molecular weight is 299 g/mol. The molecule has 1 aromatic carbocycles. The van der Waals surface area contributed by atoms with Crippen LogP contribution in [0.3, 0.4) is 0 Å². The van der Waals surface area contributed by atoms with Crippen molar-refractivity contribution in [3.05, 3.63) is 35.4 Å². The van der Waals surface area contributed by atoms with E-state index in [1.165, 1.54) is 19.2 Å². The zero-order valence-corrected chi connectivity index (χ0v) is 12.0. The highest BCUT2D eigenvalue weighted by Crippen LogP contribution is 2.25. The highest BCUT2D eigenvalue weighted by atomic mass is 32.2. The Morgan fingerprint density at radius 3 is 2.60 bits per heavy atom. The Morgan fingerprint density at radius 1 is 1.35 bits per heavy atom. The second-order valence-corrected chi connectivity index (χ2v) is 5.83. The minimum atomic E-state index is -3.92. The van der Waals surface area contributed by atoms with Crippen molar-refractivity contribution in [1.82, 2.24) is 10.2 Å². The number of rotatable bonds is 4. The van der Waals surface area contributed by atoms with Gasteiger partial charge in [0.05, 0.1) is 24.2 Å². The molecule has 0 radical (unpaired) electrons. The Balaban J connectivity index is 2.43. The van der Waals surface area contributed by atoms with E-state index in [9.17, 15) is 12.8 Å². The maximum Gasteiger partial charge on any atom is 0.265 e. The van der Waals surface area contributed by atoms with Gasteiger partial charge in [0.15, 0.2) is 0 Å². The molecule has 2 N–H and O–H groups in total. The molecular weight excluding hydrogens is 285 g/mol. The summed E-state index contributed by atoms with van der Waals surface area (Å²) in [6.45, 7) is 3.14. The van der Waals surface area contributed by atoms with Gasteiger partial charge in [-0.1, -0.05) is 0 Å². The zero-order chi connectivity index (χ0) is 14.9. The molecule has 6 nitrogen and oxygen atoms in total. The normalized spacial score (nSPS) is 11.4. The van der Waals surface area contributed by atoms with E-state index in [0.29, 0.717) is 17.1 Å². The van der Waals surface area contributed by atoms with Crippen LogP contribution < -0.4 is 9.46 Å². The van der Waals surface area contributed by atoms with Gasteiger partial charge in [-0.05, 0) is 26.0 Å². The van der Waals surface area contributed by atoms with Crippen LogP contribution in [-0.2, 0) is 10.0 Å². The summed E-state index contributed by atoms with van der Waals surface area (Å²) in [5.41, 5.74) is 0.529. The van der Waals surface area contributed by atoms with Gasteiger partial charge in [-0.25, -0.2) is 12.8 Å². The van der Waals surface area contributed by atoms with E-state index in [1.807, 2.05) is 0 Å². The number of aromatic amines is 1. The van der Waals surface area contributed by atoms with Crippen molar-refractivity contribution in [1.29, 1.82) is 0 Å². The Kier molecular flexibility index (Phi) is 3.67. The first-order chi connectivity index (χ1) is 9.35. The van der Waals surface area contributed by atoms with Gasteiger partial charge in [0.2, 0.25) is 0 Å². The third kappa shape index (κ3) is 2.60. The molecule has 0 saturated carbocycles. The van der Waals surface area contributed by atoms with Crippen molar-refractivity contribution in [2.24, 2.45) is 0 Å². The van der Waals surface area contributed by atoms with Gasteiger partial charge in [0.1, 0.15) is 16.5 Å². The maximum absolute atomic E-state index is 13.7. The monoisotopic (exact) mass is 299 g/mol. The van der Waals surface area contributed by atoms with Gasteiger partial charge >= 0.3 is 0 Å². The van der Waals surface area contributed by atoms with E-state index in [1.54, 1.807) is 13.8 Å². The Bertz CT molecular complexity index is 721. The van der Waals surface area contributed by atoms with Crippen LogP contribution in [0.15, 0.2) is 23.1 Å². The number of anilines is 1. The van der Waals surface area contributed by atoms with E-state index in [-0.39, 0.29) is 10.6 Å². The fourth-order valence-corrected chi connectivity index (χ4v) is 3.27. The van der Waals surface area contributed by atoms with Gasteiger partial charge in [-0.2, -0.15) is 5.10 Å². The number of nitrogens with one attached hydrogen (secondary N) is 2. The van der Waals surface area contributed by atoms with Gasteiger partial charge in [-0.15, -0.1) is 0 Å². The molecule has 2 rings (SSSR count). The Labute approximate surface area is 116 Å². The van der Waals surface area contributed by atoms with Crippen LogP contribution in [-0.4, -0.2) is 25.7 Å². The number of methoxy groups -OCH3 is 1. The summed E-state index contributed by atoms with van der Waals surface area (Å²) in [6, 6.07) is 3.81. The Hall–Kier alpha value is -2.09. The molecular formula is C12H14FN3O3S. The molecule has 0 spiro atoms. The van der Waals surface area contributed by atoms with Gasteiger partial charge in [0.25, 0.3) is 10.0 Å². The zero-order valence-electron chi connectivity index (χ0n) is 11.2. The van der Waals surface area contributed by atoms with Gasteiger partial charge in [0, 0.05) is 6.07 Å². The van der Waals surface area contributed by atoms with E-state index < -0.39 is 15.8 Å². The minimum Gasteiger partial charge on any atom is -0.497 e. The predicted octanol–water partition coefficient (Wildman–Crippen LogP) is 1.98. The number of H-pyrrole nitrogens is 1. The Morgan fingerprint density at radius 2 is 2.05 bits per heavy atom. The van der Waals surface area contributed by atoms with Crippen molar-refractivity contribution in [2.45, 2.75) is 18.7 Å². The molecule has 2 aromatic rings. The number of aromatic nitrogens is 2. The molecule has 0 fully saturated rings. The summed E-state index contributed by atoms with van der Waals surface area (Å²) < 4.78 is 45.4. The van der Waals surface area contributed by atoms with Crippen LogP contribution >= 0.6 is 0 Å². The summed E-state index contributed by atoms with van der Waals surface area (Å²) in [7, 11) is -2.51. The van der Waals surface area contributed by atoms with Gasteiger partial charge in [-0.3, -0.25) is 9.82 Å². The molecule has 0 saturated heterocycles. The summed E-state index contributed by atoms with van der Waals surface area (Å²) in [4.78, 5) is 0.0136. The average Bonchev–Trinajstić information content (AvgIpc) is 2.72. The van der Waals surface area contributed by atoms with Crippen molar-refractivity contribution in [3.63, 3.8) is 0 Å². The highest BCUT2D eigenvalue weighted by Gasteiger charge is 2.23. The largest absolute Gasteiger partial charge is 0.497 e. The molecule has 1 heterocycles. The van der Waals surface area contributed by atoms with Crippen LogP contribution in [0, 0.1) is 19.7 Å². The number of aryl methyl sites for hydroxylation is 2. The van der Waals surface area contributed by atoms with E-state index in [2.05, 4.69) is 14.9 Å². The summed E-state index contributed by atoms with van der Waals surface area (Å²) in [5.74, 6) is -0.335. The first kappa shape index (κ1) is 14.3. The summed E-state index contributed by atoms with van der Waals surface area (Å²) in [5, 5.41) is 6.40. The SMILES string of the molecule is COc1ccc(F)c(NS(=O)(=O)c2c(C)n[nH]c2C)c1. The van der Waals surface area contributed by atoms with E-state index >= 15 is 0 Å². The number of hydrogen-bond donors (Lipinski definition) is 2. The van der Waals surface area contributed by atoms with Crippen LogP contribution in [0.2, 0.25) is 0 Å². The number of nitrogens with zero attached hydrogens (tertiary/aromatic N) is 1. The second-order valence-electron chi connectivity index (χ2n) is 4.21. The quantitative estimate of drug-likeness (QED) is 0.904. The molecule has 0 amide bonds. The van der Waals surface area contributed by atoms with Crippen molar-refractivity contribution >= 4 is 15.7 Å². The topological polar surface area (TPSA) is 84.1 Å².